The summed E-state index contributed by atoms with van der Waals surface area (Å²) >= 11 is 2.28. The molecule has 0 spiro atoms. The van der Waals surface area contributed by atoms with Gasteiger partial charge < -0.3 is 0 Å². The second kappa shape index (κ2) is 3.31. The van der Waals surface area contributed by atoms with Crippen LogP contribution in [-0.4, -0.2) is 2.78 Å². The molecule has 12 heavy (non-hydrogen) atoms. The maximum Gasteiger partial charge on any atom is 0.0640 e. The van der Waals surface area contributed by atoms with Gasteiger partial charge in [0.25, 0.3) is 0 Å². The van der Waals surface area contributed by atoms with Gasteiger partial charge in [0.15, 0.2) is 0 Å². The molecule has 0 aliphatic carbocycles. The van der Waals surface area contributed by atoms with Gasteiger partial charge in [-0.05, 0) is 17.7 Å². The summed E-state index contributed by atoms with van der Waals surface area (Å²) in [6, 6.07) is 14.5. The zero-order valence-electron chi connectivity index (χ0n) is 6.44. The predicted molar refractivity (Wildman–Crippen MR) is 59.3 cm³/mol. The summed E-state index contributed by atoms with van der Waals surface area (Å²) in [6.45, 7) is 0. The molecule has 0 saturated carbocycles. The van der Waals surface area contributed by atoms with Crippen LogP contribution in [0.25, 0.3) is 11.3 Å². The van der Waals surface area contributed by atoms with Gasteiger partial charge >= 0.3 is 0 Å². The highest BCUT2D eigenvalue weighted by Gasteiger charge is 1.98. The Bertz CT molecular complexity index is 364. The average molecular weight is 269 g/mol. The molecule has 0 aliphatic rings. The fraction of sp³-hybridized carbons (Fsp3) is 0. The Hall–Kier alpha value is -0.770. The fourth-order valence-electron chi connectivity index (χ4n) is 1.19. The minimum absolute atomic E-state index is 1.25. The highest BCUT2D eigenvalue weighted by atomic mass is 127. The monoisotopic (exact) mass is 269 g/mol. The molecule has 0 radical (unpaired) electrons. The Morgan fingerprint density at radius 1 is 0.917 bits per heavy atom. The molecular formula is C10H8IN. The highest BCUT2D eigenvalue weighted by Crippen LogP contribution is 2.20. The molecule has 0 amide bonds. The summed E-state index contributed by atoms with van der Waals surface area (Å²) in [5, 5.41) is 0. The van der Waals surface area contributed by atoms with Crippen LogP contribution in [0, 0.1) is 0 Å². The maximum absolute atomic E-state index is 2.28. The van der Waals surface area contributed by atoms with E-state index in [0.717, 1.165) is 0 Å². The first kappa shape index (κ1) is 7.86. The number of halogens is 1. The molecule has 60 valence electrons. The van der Waals surface area contributed by atoms with Crippen molar-refractivity contribution >= 4 is 22.9 Å². The Morgan fingerprint density at radius 3 is 2.25 bits per heavy atom. The molecule has 0 bridgehead atoms. The third-order valence-electron chi connectivity index (χ3n) is 1.77. The lowest BCUT2D eigenvalue weighted by Gasteiger charge is -1.99. The van der Waals surface area contributed by atoms with E-state index in [2.05, 4.69) is 62.0 Å². The molecule has 2 rings (SSSR count). The Labute approximate surface area is 85.5 Å². The number of nitrogens with zero attached hydrogens (tertiary/aromatic N) is 1. The van der Waals surface area contributed by atoms with Crippen molar-refractivity contribution in [2.75, 3.05) is 0 Å². The number of aromatic nitrogens is 1. The van der Waals surface area contributed by atoms with E-state index >= 15 is 0 Å². The highest BCUT2D eigenvalue weighted by molar-refractivity contribution is 14.1. The van der Waals surface area contributed by atoms with Crippen LogP contribution < -0.4 is 0 Å². The Morgan fingerprint density at radius 2 is 1.67 bits per heavy atom. The van der Waals surface area contributed by atoms with Crippen molar-refractivity contribution in [2.45, 2.75) is 0 Å². The van der Waals surface area contributed by atoms with Gasteiger partial charge in [-0.2, -0.15) is 0 Å². The SMILES string of the molecule is In1cccc1-c1ccccc1. The quantitative estimate of drug-likeness (QED) is 0.699. The minimum Gasteiger partial charge on any atom is -0.290 e. The van der Waals surface area contributed by atoms with Crippen molar-refractivity contribution in [3.63, 3.8) is 0 Å². The molecule has 1 heterocycles. The number of hydrogen-bond acceptors (Lipinski definition) is 0. The van der Waals surface area contributed by atoms with Crippen LogP contribution >= 0.6 is 22.9 Å². The van der Waals surface area contributed by atoms with E-state index in [9.17, 15) is 0 Å². The van der Waals surface area contributed by atoms with E-state index in [4.69, 9.17) is 0 Å². The van der Waals surface area contributed by atoms with Crippen LogP contribution in [0.1, 0.15) is 0 Å². The molecule has 0 unspecified atom stereocenters. The van der Waals surface area contributed by atoms with Gasteiger partial charge in [0.2, 0.25) is 0 Å². The summed E-state index contributed by atoms with van der Waals surface area (Å²) in [7, 11) is 0. The lowest BCUT2D eigenvalue weighted by molar-refractivity contribution is 1.35. The van der Waals surface area contributed by atoms with Gasteiger partial charge in [-0.25, -0.2) is 0 Å². The first-order valence-corrected chi connectivity index (χ1v) is 4.73. The smallest absolute Gasteiger partial charge is 0.0640 e. The van der Waals surface area contributed by atoms with E-state index in [0.29, 0.717) is 0 Å². The topological polar surface area (TPSA) is 4.93 Å². The normalized spacial score (nSPS) is 10.1. The predicted octanol–water partition coefficient (Wildman–Crippen LogP) is 3.35. The van der Waals surface area contributed by atoms with Crippen LogP contribution in [0.5, 0.6) is 0 Å². The van der Waals surface area contributed by atoms with Crippen LogP contribution in [-0.2, 0) is 0 Å². The zero-order valence-corrected chi connectivity index (χ0v) is 8.60. The molecule has 1 aromatic carbocycles. The van der Waals surface area contributed by atoms with Crippen molar-refractivity contribution in [3.8, 4) is 11.3 Å². The van der Waals surface area contributed by atoms with Gasteiger partial charge in [-0.1, -0.05) is 30.3 Å². The minimum atomic E-state index is 1.25. The van der Waals surface area contributed by atoms with Crippen LogP contribution in [0.4, 0.5) is 0 Å². The van der Waals surface area contributed by atoms with Gasteiger partial charge in [-0.15, -0.1) is 0 Å². The van der Waals surface area contributed by atoms with Gasteiger partial charge in [-0.3, -0.25) is 2.78 Å². The fourth-order valence-corrected chi connectivity index (χ4v) is 1.81. The number of benzene rings is 1. The second-order valence-corrected chi connectivity index (χ2v) is 3.61. The zero-order chi connectivity index (χ0) is 8.39. The largest absolute Gasteiger partial charge is 0.290 e. The lowest BCUT2D eigenvalue weighted by Crippen LogP contribution is -1.80. The van der Waals surface area contributed by atoms with E-state index < -0.39 is 0 Å². The van der Waals surface area contributed by atoms with E-state index in [1.165, 1.54) is 11.3 Å². The van der Waals surface area contributed by atoms with Crippen molar-refractivity contribution in [2.24, 2.45) is 0 Å². The summed E-state index contributed by atoms with van der Waals surface area (Å²) in [5.74, 6) is 0. The molecule has 2 heteroatoms. The Kier molecular flexibility index (Phi) is 2.17. The molecule has 0 N–H and O–H groups in total. The summed E-state index contributed by atoms with van der Waals surface area (Å²) in [4.78, 5) is 0. The summed E-state index contributed by atoms with van der Waals surface area (Å²) in [5.41, 5.74) is 2.51. The van der Waals surface area contributed by atoms with Crippen molar-refractivity contribution in [1.29, 1.82) is 0 Å². The molecular weight excluding hydrogens is 261 g/mol. The second-order valence-electron chi connectivity index (χ2n) is 2.57. The molecule has 0 saturated heterocycles. The van der Waals surface area contributed by atoms with Gasteiger partial charge in [0.1, 0.15) is 0 Å². The molecule has 2 aromatic rings. The van der Waals surface area contributed by atoms with E-state index in [1.807, 2.05) is 12.3 Å². The summed E-state index contributed by atoms with van der Waals surface area (Å²) in [6.07, 6.45) is 2.04. The molecule has 0 atom stereocenters. The van der Waals surface area contributed by atoms with Crippen molar-refractivity contribution in [1.82, 2.24) is 2.78 Å². The van der Waals surface area contributed by atoms with Crippen LogP contribution in [0.3, 0.4) is 0 Å². The first-order valence-electron chi connectivity index (χ1n) is 3.77. The molecule has 0 aliphatic heterocycles. The van der Waals surface area contributed by atoms with Gasteiger partial charge in [0.05, 0.1) is 28.6 Å². The Balaban J connectivity index is 2.51. The first-order chi connectivity index (χ1) is 5.88. The van der Waals surface area contributed by atoms with Crippen molar-refractivity contribution < 1.29 is 0 Å². The standard InChI is InChI=1S/C10H8IN/c11-12-8-4-7-10(12)9-5-2-1-3-6-9/h1-8H. The van der Waals surface area contributed by atoms with E-state index in [-0.39, 0.29) is 0 Å². The third-order valence-corrected chi connectivity index (χ3v) is 2.61. The number of hydrogen-bond donors (Lipinski definition) is 0. The molecule has 1 aromatic heterocycles. The van der Waals surface area contributed by atoms with Crippen molar-refractivity contribution in [3.05, 3.63) is 48.7 Å². The third kappa shape index (κ3) is 1.39. The van der Waals surface area contributed by atoms with Crippen LogP contribution in [0.15, 0.2) is 48.7 Å². The number of rotatable bonds is 1. The van der Waals surface area contributed by atoms with E-state index in [1.54, 1.807) is 0 Å². The lowest BCUT2D eigenvalue weighted by atomic mass is 10.2. The average Bonchev–Trinajstić information content (AvgIpc) is 2.53. The molecule has 0 fully saturated rings. The molecule has 1 nitrogen and oxygen atoms in total. The van der Waals surface area contributed by atoms with Gasteiger partial charge in [0, 0.05) is 6.20 Å². The summed E-state index contributed by atoms with van der Waals surface area (Å²) < 4.78 is 2.09. The maximum atomic E-state index is 2.28. The van der Waals surface area contributed by atoms with Crippen LogP contribution in [0.2, 0.25) is 0 Å².